The second kappa shape index (κ2) is 10.7. The summed E-state index contributed by atoms with van der Waals surface area (Å²) in [6.07, 6.45) is 1.41. The molecule has 0 saturated heterocycles. The van der Waals surface area contributed by atoms with Crippen LogP contribution in [-0.2, 0) is 27.5 Å². The monoisotopic (exact) mass is 474 g/mol. The molecule has 3 rings (SSSR count). The molecule has 4 amide bonds. The molecule has 0 fully saturated rings. The van der Waals surface area contributed by atoms with Gasteiger partial charge in [-0.3, -0.25) is 29.4 Å². The van der Waals surface area contributed by atoms with E-state index < -0.39 is 23.8 Å². The van der Waals surface area contributed by atoms with Gasteiger partial charge in [0.25, 0.3) is 5.91 Å². The minimum absolute atomic E-state index is 0.178. The average molecular weight is 475 g/mol. The zero-order chi connectivity index (χ0) is 24.1. The van der Waals surface area contributed by atoms with Gasteiger partial charge in [0.05, 0.1) is 12.1 Å². The molecule has 1 aliphatic heterocycles. The van der Waals surface area contributed by atoms with E-state index in [-0.39, 0.29) is 30.5 Å². The molecule has 2 heterocycles. The SMILES string of the molecule is CCCC(C(=O)NC=O)N1Cc2c(csc2CNC(=O)C(c2ccccc2F)N(C)C)C1=O. The summed E-state index contributed by atoms with van der Waals surface area (Å²) in [6, 6.07) is 4.60. The summed E-state index contributed by atoms with van der Waals surface area (Å²) in [5.41, 5.74) is 1.54. The molecule has 0 radical (unpaired) electrons. The van der Waals surface area contributed by atoms with Gasteiger partial charge in [-0.15, -0.1) is 11.3 Å². The minimum Gasteiger partial charge on any atom is -0.350 e. The Morgan fingerprint density at radius 2 is 2.00 bits per heavy atom. The second-order valence-electron chi connectivity index (χ2n) is 8.02. The Bertz CT molecular complexity index is 1050. The van der Waals surface area contributed by atoms with Crippen LogP contribution in [0.1, 0.15) is 52.2 Å². The fourth-order valence-corrected chi connectivity index (χ4v) is 5.02. The summed E-state index contributed by atoms with van der Waals surface area (Å²) in [5.74, 6) is -1.60. The highest BCUT2D eigenvalue weighted by Crippen LogP contribution is 2.33. The number of rotatable bonds is 10. The number of nitrogens with one attached hydrogen (secondary N) is 2. The lowest BCUT2D eigenvalue weighted by Crippen LogP contribution is -2.46. The van der Waals surface area contributed by atoms with E-state index in [1.54, 1.807) is 42.6 Å². The van der Waals surface area contributed by atoms with Crippen molar-refractivity contribution in [3.8, 4) is 0 Å². The first-order chi connectivity index (χ1) is 15.8. The van der Waals surface area contributed by atoms with Gasteiger partial charge in [0.2, 0.25) is 18.2 Å². The zero-order valence-corrected chi connectivity index (χ0v) is 19.6. The minimum atomic E-state index is -0.807. The topological polar surface area (TPSA) is 98.8 Å². The number of hydrogen-bond donors (Lipinski definition) is 2. The van der Waals surface area contributed by atoms with Crippen molar-refractivity contribution in [1.29, 1.82) is 0 Å². The van der Waals surface area contributed by atoms with E-state index in [1.807, 2.05) is 6.92 Å². The van der Waals surface area contributed by atoms with Gasteiger partial charge in [-0.2, -0.15) is 0 Å². The maximum atomic E-state index is 14.3. The third-order valence-electron chi connectivity index (χ3n) is 5.63. The quantitative estimate of drug-likeness (QED) is 0.515. The number of carbonyl (C=O) groups is 4. The number of fused-ring (bicyclic) bond motifs is 1. The highest BCUT2D eigenvalue weighted by molar-refractivity contribution is 7.10. The third-order valence-corrected chi connectivity index (χ3v) is 6.66. The normalized spacial score (nSPS) is 14.7. The maximum absolute atomic E-state index is 14.3. The van der Waals surface area contributed by atoms with E-state index >= 15 is 0 Å². The number of hydrogen-bond acceptors (Lipinski definition) is 6. The van der Waals surface area contributed by atoms with Crippen molar-refractivity contribution >= 4 is 35.5 Å². The third kappa shape index (κ3) is 5.12. The van der Waals surface area contributed by atoms with Crippen LogP contribution in [0.2, 0.25) is 0 Å². The van der Waals surface area contributed by atoms with Crippen molar-refractivity contribution < 1.29 is 23.6 Å². The molecule has 0 saturated carbocycles. The lowest BCUT2D eigenvalue weighted by molar-refractivity contribution is -0.129. The molecular formula is C23H27FN4O4S. The van der Waals surface area contributed by atoms with E-state index in [2.05, 4.69) is 10.6 Å². The highest BCUT2D eigenvalue weighted by atomic mass is 32.1. The number of nitrogens with zero attached hydrogens (tertiary/aromatic N) is 2. The van der Waals surface area contributed by atoms with Gasteiger partial charge >= 0.3 is 0 Å². The number of imide groups is 1. The fraction of sp³-hybridized carbons (Fsp3) is 0.391. The molecule has 33 heavy (non-hydrogen) atoms. The van der Waals surface area contributed by atoms with Crippen LogP contribution in [0.25, 0.3) is 0 Å². The molecule has 0 bridgehead atoms. The van der Waals surface area contributed by atoms with Gasteiger partial charge in [0, 0.05) is 22.4 Å². The molecule has 2 aromatic rings. The van der Waals surface area contributed by atoms with Crippen molar-refractivity contribution in [1.82, 2.24) is 20.4 Å². The molecule has 0 spiro atoms. The summed E-state index contributed by atoms with van der Waals surface area (Å²) in [4.78, 5) is 52.8. The predicted octanol–water partition coefficient (Wildman–Crippen LogP) is 2.20. The second-order valence-corrected chi connectivity index (χ2v) is 8.98. The average Bonchev–Trinajstić information content (AvgIpc) is 3.32. The number of halogens is 1. The van der Waals surface area contributed by atoms with E-state index in [0.717, 1.165) is 10.4 Å². The van der Waals surface area contributed by atoms with Crippen molar-refractivity contribution in [2.45, 2.75) is 44.9 Å². The van der Waals surface area contributed by atoms with Crippen LogP contribution in [0, 0.1) is 5.82 Å². The predicted molar refractivity (Wildman–Crippen MR) is 122 cm³/mol. The van der Waals surface area contributed by atoms with Crippen molar-refractivity contribution in [3.05, 3.63) is 57.0 Å². The van der Waals surface area contributed by atoms with Gasteiger partial charge in [-0.25, -0.2) is 4.39 Å². The summed E-state index contributed by atoms with van der Waals surface area (Å²) in [6.45, 7) is 2.30. The van der Waals surface area contributed by atoms with Crippen LogP contribution in [-0.4, -0.2) is 54.1 Å². The molecule has 2 N–H and O–H groups in total. The van der Waals surface area contributed by atoms with Crippen LogP contribution in [0.3, 0.4) is 0 Å². The molecule has 1 aliphatic rings. The first kappa shape index (κ1) is 24.5. The molecule has 176 valence electrons. The number of benzene rings is 1. The van der Waals surface area contributed by atoms with E-state index in [1.165, 1.54) is 22.3 Å². The van der Waals surface area contributed by atoms with Crippen LogP contribution in [0.15, 0.2) is 29.6 Å². The Morgan fingerprint density at radius 1 is 1.27 bits per heavy atom. The molecule has 1 aromatic heterocycles. The first-order valence-corrected chi connectivity index (χ1v) is 11.5. The lowest BCUT2D eigenvalue weighted by Gasteiger charge is -2.26. The summed E-state index contributed by atoms with van der Waals surface area (Å²) in [5, 5.41) is 6.72. The number of carbonyl (C=O) groups excluding carboxylic acids is 4. The molecule has 2 atom stereocenters. The van der Waals surface area contributed by atoms with Gasteiger partial charge < -0.3 is 10.2 Å². The van der Waals surface area contributed by atoms with Gasteiger partial charge in [0.1, 0.15) is 17.9 Å². The largest absolute Gasteiger partial charge is 0.350 e. The van der Waals surface area contributed by atoms with Crippen LogP contribution >= 0.6 is 11.3 Å². The van der Waals surface area contributed by atoms with Crippen LogP contribution < -0.4 is 10.6 Å². The van der Waals surface area contributed by atoms with Crippen molar-refractivity contribution in [2.75, 3.05) is 14.1 Å². The van der Waals surface area contributed by atoms with Gasteiger partial charge in [-0.1, -0.05) is 31.5 Å². The number of thiophene rings is 1. The fourth-order valence-electron chi connectivity index (χ4n) is 4.04. The Labute approximate surface area is 195 Å². The zero-order valence-electron chi connectivity index (χ0n) is 18.8. The molecule has 10 heteroatoms. The Balaban J connectivity index is 1.75. The van der Waals surface area contributed by atoms with Crippen molar-refractivity contribution in [3.63, 3.8) is 0 Å². The van der Waals surface area contributed by atoms with E-state index in [4.69, 9.17) is 0 Å². The Hall–Kier alpha value is -3.11. The molecule has 0 aliphatic carbocycles. The lowest BCUT2D eigenvalue weighted by atomic mass is 10.0. The van der Waals surface area contributed by atoms with Crippen LogP contribution in [0.5, 0.6) is 0 Å². The van der Waals surface area contributed by atoms with Gasteiger partial charge in [-0.05, 0) is 32.1 Å². The standard InChI is InChI=1S/C23H27FN4O4S/c1-4-7-18(21(30)26-13-29)28-11-15-16(23(28)32)12-33-19(15)10-25-22(31)20(27(2)3)14-8-5-6-9-17(14)24/h5-6,8-9,12-13,18,20H,4,7,10-11H2,1-3H3,(H,25,31)(H,26,29,30). The summed E-state index contributed by atoms with van der Waals surface area (Å²) in [7, 11) is 3.41. The maximum Gasteiger partial charge on any atom is 0.256 e. The van der Waals surface area contributed by atoms with Crippen LogP contribution in [0.4, 0.5) is 4.39 Å². The highest BCUT2D eigenvalue weighted by Gasteiger charge is 2.38. The molecule has 1 aromatic carbocycles. The Kier molecular flexibility index (Phi) is 7.93. The Morgan fingerprint density at radius 3 is 2.64 bits per heavy atom. The number of likely N-dealkylation sites (N-methyl/N-ethyl adjacent to an activating group) is 1. The summed E-state index contributed by atoms with van der Waals surface area (Å²) < 4.78 is 14.3. The first-order valence-electron chi connectivity index (χ1n) is 10.6. The molecular weight excluding hydrogens is 447 g/mol. The van der Waals surface area contributed by atoms with E-state index in [0.29, 0.717) is 24.8 Å². The smallest absolute Gasteiger partial charge is 0.256 e. The number of amides is 4. The molecule has 2 unspecified atom stereocenters. The van der Waals surface area contributed by atoms with E-state index in [9.17, 15) is 23.6 Å². The molecule has 8 nitrogen and oxygen atoms in total. The summed E-state index contributed by atoms with van der Waals surface area (Å²) >= 11 is 1.36. The van der Waals surface area contributed by atoms with Gasteiger partial charge in [0.15, 0.2) is 0 Å². The van der Waals surface area contributed by atoms with Crippen molar-refractivity contribution in [2.24, 2.45) is 0 Å².